The molecule has 4 aromatic rings. The van der Waals surface area contributed by atoms with Gasteiger partial charge in [-0.2, -0.15) is 5.10 Å². The number of rotatable bonds is 12. The van der Waals surface area contributed by atoms with E-state index in [2.05, 4.69) is 26.1 Å². The Hall–Kier alpha value is -4.50. The molecule has 0 fully saturated rings. The molecule has 0 aliphatic rings. The van der Waals surface area contributed by atoms with Gasteiger partial charge in [0.1, 0.15) is 18.2 Å². The lowest BCUT2D eigenvalue weighted by atomic mass is 10.1. The summed E-state index contributed by atoms with van der Waals surface area (Å²) in [6.45, 7) is 5.22. The van der Waals surface area contributed by atoms with Crippen molar-refractivity contribution < 1.29 is 9.53 Å². The lowest BCUT2D eigenvalue weighted by Gasteiger charge is -2.14. The Morgan fingerprint density at radius 3 is 2.54 bits per heavy atom. The summed E-state index contributed by atoms with van der Waals surface area (Å²) >= 11 is 0. The van der Waals surface area contributed by atoms with Crippen molar-refractivity contribution in [3.8, 4) is 17.1 Å². The second kappa shape index (κ2) is 13.3. The summed E-state index contributed by atoms with van der Waals surface area (Å²) in [6.07, 6.45) is 2.96. The van der Waals surface area contributed by atoms with Crippen LogP contribution in [0.2, 0.25) is 0 Å². The Labute approximate surface area is 229 Å². The highest BCUT2D eigenvalue weighted by molar-refractivity contribution is 5.94. The van der Waals surface area contributed by atoms with Gasteiger partial charge in [0.25, 0.3) is 0 Å². The number of aromatic nitrogens is 2. The van der Waals surface area contributed by atoms with E-state index in [4.69, 9.17) is 14.7 Å². The number of carbonyl (C=O) groups is 1. The molecule has 0 unspecified atom stereocenters. The highest BCUT2D eigenvalue weighted by atomic mass is 16.5. The van der Waals surface area contributed by atoms with Gasteiger partial charge >= 0.3 is 0 Å². The van der Waals surface area contributed by atoms with Gasteiger partial charge in [-0.15, -0.1) is 0 Å². The molecule has 0 atom stereocenters. The third-order valence-corrected chi connectivity index (χ3v) is 5.83. The minimum Gasteiger partial charge on any atom is -0.492 e. The number of hydrazone groups is 1. The van der Waals surface area contributed by atoms with Crippen LogP contribution < -0.4 is 20.8 Å². The Balaban J connectivity index is 1.70. The number of hydrogen-bond acceptors (Lipinski definition) is 8. The molecule has 0 bridgehead atoms. The van der Waals surface area contributed by atoms with Gasteiger partial charge in [0.05, 0.1) is 11.2 Å². The average Bonchev–Trinajstić information content (AvgIpc) is 2.93. The first kappa shape index (κ1) is 27.5. The van der Waals surface area contributed by atoms with Crippen LogP contribution in [0.5, 0.6) is 5.75 Å². The lowest BCUT2D eigenvalue weighted by Crippen LogP contribution is -2.19. The normalized spacial score (nSPS) is 11.2. The minimum atomic E-state index is -0.0132. The number of ether oxygens (including phenoxy) is 1. The molecule has 4 rings (SSSR count). The molecule has 0 aliphatic carbocycles. The van der Waals surface area contributed by atoms with Crippen molar-refractivity contribution in [3.05, 3.63) is 66.7 Å². The van der Waals surface area contributed by atoms with E-state index < -0.39 is 0 Å². The largest absolute Gasteiger partial charge is 0.492 e. The summed E-state index contributed by atoms with van der Waals surface area (Å²) in [4.78, 5) is 24.0. The third kappa shape index (κ3) is 7.75. The zero-order valence-corrected chi connectivity index (χ0v) is 22.9. The molecule has 0 aliphatic heterocycles. The van der Waals surface area contributed by atoms with Crippen LogP contribution in [-0.4, -0.2) is 54.2 Å². The number of carbonyl (C=O) groups excluding carboxylic acids is 1. The number of benzene rings is 3. The zero-order chi connectivity index (χ0) is 27.6. The Morgan fingerprint density at radius 2 is 1.79 bits per heavy atom. The molecule has 9 nitrogen and oxygen atoms in total. The van der Waals surface area contributed by atoms with Gasteiger partial charge in [0.2, 0.25) is 5.91 Å². The fourth-order valence-corrected chi connectivity index (χ4v) is 3.86. The van der Waals surface area contributed by atoms with Gasteiger partial charge in [-0.3, -0.25) is 10.2 Å². The van der Waals surface area contributed by atoms with E-state index in [0.29, 0.717) is 30.4 Å². The first-order chi connectivity index (χ1) is 18.9. The van der Waals surface area contributed by atoms with Gasteiger partial charge in [0, 0.05) is 41.5 Å². The van der Waals surface area contributed by atoms with E-state index in [1.54, 1.807) is 6.21 Å². The van der Waals surface area contributed by atoms with Crippen LogP contribution in [-0.2, 0) is 4.79 Å². The van der Waals surface area contributed by atoms with Crippen LogP contribution in [0.4, 0.5) is 22.9 Å². The van der Waals surface area contributed by atoms with Crippen LogP contribution in [0.25, 0.3) is 22.3 Å². The van der Waals surface area contributed by atoms with Gasteiger partial charge in [-0.05, 0) is 82.0 Å². The number of nitrogens with zero attached hydrogens (tertiary/aromatic N) is 4. The predicted molar refractivity (Wildman–Crippen MR) is 160 cm³/mol. The van der Waals surface area contributed by atoms with Crippen molar-refractivity contribution in [1.29, 1.82) is 0 Å². The molecule has 1 amide bonds. The first-order valence-electron chi connectivity index (χ1n) is 13.1. The second-order valence-electron chi connectivity index (χ2n) is 9.31. The van der Waals surface area contributed by atoms with Crippen LogP contribution in [0.3, 0.4) is 0 Å². The average molecular weight is 526 g/mol. The SMILES string of the molecule is C/C=N\Nc1ccc(Nc2nc(-c3cccc(NC(=O)CCC)c3)nc3ccc(OCCN(C)C)cc23)cc1. The summed E-state index contributed by atoms with van der Waals surface area (Å²) in [5.41, 5.74) is 7.01. The molecule has 1 aromatic heterocycles. The van der Waals surface area contributed by atoms with Gasteiger partial charge in [0.15, 0.2) is 5.82 Å². The molecule has 1 heterocycles. The maximum absolute atomic E-state index is 12.1. The highest BCUT2D eigenvalue weighted by Gasteiger charge is 2.13. The standard InChI is InChI=1S/C30H35N7O2/c1-5-8-28(38)32-24-10-7-9-21(19-24)29-34-27-16-15-25(39-18-17-37(3)4)20-26(27)30(35-29)33-22-11-13-23(14-12-22)36-31-6-2/h6-7,9-16,19-20,36H,5,8,17-18H2,1-4H3,(H,32,38)(H,33,34,35)/b31-6-. The Bertz CT molecular complexity index is 1440. The Morgan fingerprint density at radius 1 is 1.00 bits per heavy atom. The molecular formula is C30H35N7O2. The summed E-state index contributed by atoms with van der Waals surface area (Å²) in [6, 6.07) is 21.2. The van der Waals surface area contributed by atoms with Crippen molar-refractivity contribution in [2.45, 2.75) is 26.7 Å². The monoisotopic (exact) mass is 525 g/mol. The number of anilines is 4. The van der Waals surface area contributed by atoms with Crippen LogP contribution in [0, 0.1) is 0 Å². The summed E-state index contributed by atoms with van der Waals surface area (Å²) in [7, 11) is 4.03. The number of likely N-dealkylation sites (N-methyl/N-ethyl adjacent to an activating group) is 1. The van der Waals surface area contributed by atoms with Crippen molar-refractivity contribution in [1.82, 2.24) is 14.9 Å². The molecule has 0 saturated heterocycles. The first-order valence-corrected chi connectivity index (χ1v) is 13.1. The summed E-state index contributed by atoms with van der Waals surface area (Å²) < 4.78 is 5.98. The van der Waals surface area contributed by atoms with E-state index in [1.807, 2.05) is 94.7 Å². The number of fused-ring (bicyclic) bond motifs is 1. The minimum absolute atomic E-state index is 0.0132. The van der Waals surface area contributed by atoms with Gasteiger partial charge in [-0.25, -0.2) is 9.97 Å². The molecule has 0 saturated carbocycles. The van der Waals surface area contributed by atoms with E-state index >= 15 is 0 Å². The predicted octanol–water partition coefficient (Wildman–Crippen LogP) is 6.14. The smallest absolute Gasteiger partial charge is 0.224 e. The van der Waals surface area contributed by atoms with E-state index in [9.17, 15) is 4.79 Å². The lowest BCUT2D eigenvalue weighted by molar-refractivity contribution is -0.116. The van der Waals surface area contributed by atoms with E-state index in [-0.39, 0.29) is 5.91 Å². The van der Waals surface area contributed by atoms with Crippen molar-refractivity contribution in [2.24, 2.45) is 5.10 Å². The molecule has 3 N–H and O–H groups in total. The molecule has 39 heavy (non-hydrogen) atoms. The van der Waals surface area contributed by atoms with Gasteiger partial charge < -0.3 is 20.3 Å². The van der Waals surface area contributed by atoms with Crippen LogP contribution in [0.15, 0.2) is 71.8 Å². The zero-order valence-electron chi connectivity index (χ0n) is 22.9. The molecule has 3 aromatic carbocycles. The van der Waals surface area contributed by atoms with Crippen molar-refractivity contribution >= 4 is 45.9 Å². The molecule has 0 radical (unpaired) electrons. The van der Waals surface area contributed by atoms with Crippen LogP contribution in [0.1, 0.15) is 26.7 Å². The van der Waals surface area contributed by atoms with E-state index in [0.717, 1.165) is 46.6 Å². The summed E-state index contributed by atoms with van der Waals surface area (Å²) in [5, 5.41) is 11.3. The quantitative estimate of drug-likeness (QED) is 0.151. The molecular weight excluding hydrogens is 490 g/mol. The molecule has 202 valence electrons. The van der Waals surface area contributed by atoms with Crippen molar-refractivity contribution in [2.75, 3.05) is 43.3 Å². The maximum Gasteiger partial charge on any atom is 0.224 e. The maximum atomic E-state index is 12.1. The third-order valence-electron chi connectivity index (χ3n) is 5.83. The fraction of sp³-hybridized carbons (Fsp3) is 0.267. The Kier molecular flexibility index (Phi) is 9.42. The van der Waals surface area contributed by atoms with Crippen molar-refractivity contribution in [3.63, 3.8) is 0 Å². The second-order valence-corrected chi connectivity index (χ2v) is 9.31. The molecule has 9 heteroatoms. The highest BCUT2D eigenvalue weighted by Crippen LogP contribution is 2.31. The fourth-order valence-electron chi connectivity index (χ4n) is 3.86. The molecule has 0 spiro atoms. The van der Waals surface area contributed by atoms with E-state index in [1.165, 1.54) is 0 Å². The van der Waals surface area contributed by atoms with Gasteiger partial charge in [-0.1, -0.05) is 19.1 Å². The topological polar surface area (TPSA) is 104 Å². The number of nitrogens with one attached hydrogen (secondary N) is 3. The van der Waals surface area contributed by atoms with Crippen LogP contribution >= 0.6 is 0 Å². The summed E-state index contributed by atoms with van der Waals surface area (Å²) in [5.74, 6) is 1.94. The number of amides is 1. The number of hydrogen-bond donors (Lipinski definition) is 3.